The van der Waals surface area contributed by atoms with Crippen molar-refractivity contribution < 1.29 is 9.18 Å². The van der Waals surface area contributed by atoms with Crippen LogP contribution in [0, 0.1) is 19.7 Å². The summed E-state index contributed by atoms with van der Waals surface area (Å²) in [7, 11) is 0. The summed E-state index contributed by atoms with van der Waals surface area (Å²) in [4.78, 5) is 12.1. The third-order valence-electron chi connectivity index (χ3n) is 3.86. The molecule has 0 fully saturated rings. The van der Waals surface area contributed by atoms with Crippen molar-refractivity contribution in [3.05, 3.63) is 83.4 Å². The number of carbonyl (C=O) groups excluding carboxylic acids is 1. The van der Waals surface area contributed by atoms with Gasteiger partial charge in [0.2, 0.25) is 5.91 Å². The monoisotopic (exact) mass is 335 g/mol. The summed E-state index contributed by atoms with van der Waals surface area (Å²) in [5, 5.41) is 7.24. The van der Waals surface area contributed by atoms with Crippen molar-refractivity contribution in [3.63, 3.8) is 0 Å². The lowest BCUT2D eigenvalue weighted by Gasteiger charge is -2.04. The van der Waals surface area contributed by atoms with Crippen LogP contribution in [0.4, 0.5) is 10.1 Å². The lowest BCUT2D eigenvalue weighted by Crippen LogP contribution is -2.07. The highest BCUT2D eigenvalue weighted by atomic mass is 19.1. The lowest BCUT2D eigenvalue weighted by molar-refractivity contribution is -0.111. The summed E-state index contributed by atoms with van der Waals surface area (Å²) in [6.45, 7) is 3.87. The molecule has 0 spiro atoms. The topological polar surface area (TPSA) is 46.9 Å². The highest BCUT2D eigenvalue weighted by molar-refractivity contribution is 6.02. The van der Waals surface area contributed by atoms with E-state index >= 15 is 0 Å². The SMILES string of the molecule is Cc1nn(-c2ccccc2)c(C)c1C=CC(=O)Nc1ccc(F)cc1. The first-order chi connectivity index (χ1) is 12.0. The molecule has 0 unspecified atom stereocenters. The van der Waals surface area contributed by atoms with Gasteiger partial charge in [0.15, 0.2) is 0 Å². The minimum atomic E-state index is -0.340. The number of halogens is 1. The zero-order chi connectivity index (χ0) is 17.8. The zero-order valence-corrected chi connectivity index (χ0v) is 14.0. The second-order valence-corrected chi connectivity index (χ2v) is 5.66. The van der Waals surface area contributed by atoms with Gasteiger partial charge in [0.05, 0.1) is 11.4 Å². The number of hydrogen-bond acceptors (Lipinski definition) is 2. The molecule has 1 aromatic heterocycles. The number of hydrogen-bond donors (Lipinski definition) is 1. The fourth-order valence-corrected chi connectivity index (χ4v) is 2.59. The summed E-state index contributed by atoms with van der Waals surface area (Å²) in [5.41, 5.74) is 4.21. The molecule has 4 nitrogen and oxygen atoms in total. The van der Waals surface area contributed by atoms with Crippen molar-refractivity contribution in [1.29, 1.82) is 0 Å². The molecule has 0 aliphatic carbocycles. The van der Waals surface area contributed by atoms with E-state index in [0.29, 0.717) is 5.69 Å². The van der Waals surface area contributed by atoms with E-state index in [4.69, 9.17) is 0 Å². The van der Waals surface area contributed by atoms with E-state index in [9.17, 15) is 9.18 Å². The smallest absolute Gasteiger partial charge is 0.248 e. The van der Waals surface area contributed by atoms with Crippen LogP contribution in [0.2, 0.25) is 0 Å². The maximum Gasteiger partial charge on any atom is 0.248 e. The van der Waals surface area contributed by atoms with Crippen LogP contribution in [0.5, 0.6) is 0 Å². The number of nitrogens with one attached hydrogen (secondary N) is 1. The van der Waals surface area contributed by atoms with Gasteiger partial charge in [-0.25, -0.2) is 9.07 Å². The number of nitrogens with zero attached hydrogens (tertiary/aromatic N) is 2. The van der Waals surface area contributed by atoms with Gasteiger partial charge in [-0.15, -0.1) is 0 Å². The van der Waals surface area contributed by atoms with Crippen molar-refractivity contribution in [2.45, 2.75) is 13.8 Å². The van der Waals surface area contributed by atoms with E-state index in [2.05, 4.69) is 10.4 Å². The number of rotatable bonds is 4. The van der Waals surface area contributed by atoms with Crippen LogP contribution in [0.15, 0.2) is 60.7 Å². The van der Waals surface area contributed by atoms with Gasteiger partial charge in [0.25, 0.3) is 0 Å². The maximum atomic E-state index is 12.9. The highest BCUT2D eigenvalue weighted by Gasteiger charge is 2.10. The first kappa shape index (κ1) is 16.6. The number of anilines is 1. The number of carbonyl (C=O) groups is 1. The highest BCUT2D eigenvalue weighted by Crippen LogP contribution is 2.19. The predicted molar refractivity (Wildman–Crippen MR) is 97.1 cm³/mol. The van der Waals surface area contributed by atoms with Gasteiger partial charge in [-0.1, -0.05) is 18.2 Å². The van der Waals surface area contributed by atoms with Crippen LogP contribution in [0.3, 0.4) is 0 Å². The lowest BCUT2D eigenvalue weighted by atomic mass is 10.2. The summed E-state index contributed by atoms with van der Waals surface area (Å²) in [6.07, 6.45) is 3.20. The van der Waals surface area contributed by atoms with E-state index in [1.54, 1.807) is 6.08 Å². The molecular weight excluding hydrogens is 317 g/mol. The maximum absolute atomic E-state index is 12.9. The molecule has 3 rings (SSSR count). The number of amides is 1. The Balaban J connectivity index is 1.78. The van der Waals surface area contributed by atoms with E-state index < -0.39 is 0 Å². The molecule has 1 heterocycles. The Hall–Kier alpha value is -3.21. The van der Waals surface area contributed by atoms with Gasteiger partial charge in [0.1, 0.15) is 5.82 Å². The van der Waals surface area contributed by atoms with E-state index in [1.165, 1.54) is 30.3 Å². The van der Waals surface area contributed by atoms with Crippen LogP contribution in [-0.2, 0) is 4.79 Å². The van der Waals surface area contributed by atoms with Crippen molar-refractivity contribution in [2.24, 2.45) is 0 Å². The molecule has 0 saturated carbocycles. The fraction of sp³-hybridized carbons (Fsp3) is 0.100. The molecule has 0 atom stereocenters. The largest absolute Gasteiger partial charge is 0.323 e. The van der Waals surface area contributed by atoms with Crippen LogP contribution < -0.4 is 5.32 Å². The minimum absolute atomic E-state index is 0.280. The molecule has 3 aromatic rings. The average Bonchev–Trinajstić information content (AvgIpc) is 2.90. The Morgan fingerprint density at radius 3 is 2.44 bits per heavy atom. The van der Waals surface area contributed by atoms with Crippen LogP contribution in [0.1, 0.15) is 17.0 Å². The van der Waals surface area contributed by atoms with Gasteiger partial charge >= 0.3 is 0 Å². The average molecular weight is 335 g/mol. The van der Waals surface area contributed by atoms with E-state index in [-0.39, 0.29) is 11.7 Å². The second kappa shape index (κ2) is 7.13. The van der Waals surface area contributed by atoms with Crippen LogP contribution in [-0.4, -0.2) is 15.7 Å². The summed E-state index contributed by atoms with van der Waals surface area (Å²) < 4.78 is 14.7. The summed E-state index contributed by atoms with van der Waals surface area (Å²) >= 11 is 0. The van der Waals surface area contributed by atoms with Gasteiger partial charge in [-0.3, -0.25) is 4.79 Å². The molecule has 126 valence electrons. The Kier molecular flexibility index (Phi) is 4.75. The molecule has 0 aliphatic rings. The van der Waals surface area contributed by atoms with E-state index in [1.807, 2.05) is 48.9 Å². The number of para-hydroxylation sites is 1. The van der Waals surface area contributed by atoms with Crippen molar-refractivity contribution in [2.75, 3.05) is 5.32 Å². The summed E-state index contributed by atoms with van der Waals surface area (Å²) in [6, 6.07) is 15.5. The molecule has 1 amide bonds. The van der Waals surface area contributed by atoms with Crippen molar-refractivity contribution in [3.8, 4) is 5.69 Å². The zero-order valence-electron chi connectivity index (χ0n) is 14.0. The number of benzene rings is 2. The van der Waals surface area contributed by atoms with Gasteiger partial charge in [-0.05, 0) is 56.3 Å². The molecule has 1 N–H and O–H groups in total. The third-order valence-corrected chi connectivity index (χ3v) is 3.86. The van der Waals surface area contributed by atoms with Crippen LogP contribution >= 0.6 is 0 Å². The molecule has 25 heavy (non-hydrogen) atoms. The van der Waals surface area contributed by atoms with Crippen LogP contribution in [0.25, 0.3) is 11.8 Å². The molecule has 5 heteroatoms. The first-order valence-electron chi connectivity index (χ1n) is 7.91. The Morgan fingerprint density at radius 2 is 1.76 bits per heavy atom. The second-order valence-electron chi connectivity index (χ2n) is 5.66. The first-order valence-corrected chi connectivity index (χ1v) is 7.91. The molecule has 2 aromatic carbocycles. The fourth-order valence-electron chi connectivity index (χ4n) is 2.59. The Labute approximate surface area is 145 Å². The molecule has 0 saturated heterocycles. The van der Waals surface area contributed by atoms with Gasteiger partial charge in [0, 0.05) is 23.0 Å². The molecule has 0 bridgehead atoms. The van der Waals surface area contributed by atoms with Gasteiger partial charge < -0.3 is 5.32 Å². The normalized spacial score (nSPS) is 11.0. The Bertz CT molecular complexity index is 912. The third kappa shape index (κ3) is 3.83. The molecular formula is C20H18FN3O. The standard InChI is InChI=1S/C20H18FN3O/c1-14-19(15(2)24(23-14)18-6-4-3-5-7-18)12-13-20(25)22-17-10-8-16(21)9-11-17/h3-13H,1-2H3,(H,22,25). The minimum Gasteiger partial charge on any atom is -0.323 e. The quantitative estimate of drug-likeness (QED) is 0.723. The molecule has 0 radical (unpaired) electrons. The molecule has 0 aliphatic heterocycles. The van der Waals surface area contributed by atoms with Crippen molar-refractivity contribution in [1.82, 2.24) is 9.78 Å². The Morgan fingerprint density at radius 1 is 1.08 bits per heavy atom. The van der Waals surface area contributed by atoms with E-state index in [0.717, 1.165) is 22.6 Å². The summed E-state index contributed by atoms with van der Waals surface area (Å²) in [5.74, 6) is -0.619. The van der Waals surface area contributed by atoms with Gasteiger partial charge in [-0.2, -0.15) is 5.10 Å². The predicted octanol–water partition coefficient (Wildman–Crippen LogP) is 4.28. The van der Waals surface area contributed by atoms with Crippen molar-refractivity contribution >= 4 is 17.7 Å². The number of aromatic nitrogens is 2. The number of aryl methyl sites for hydroxylation is 1.